The van der Waals surface area contributed by atoms with Crippen LogP contribution in [0.1, 0.15) is 25.8 Å². The summed E-state index contributed by atoms with van der Waals surface area (Å²) < 4.78 is 11.2. The molecule has 1 fully saturated rings. The van der Waals surface area contributed by atoms with E-state index in [2.05, 4.69) is 0 Å². The minimum Gasteiger partial charge on any atom is -0.486 e. The first-order chi connectivity index (χ1) is 13.9. The molecule has 2 amide bonds. The molecule has 1 atom stereocenters. The number of nitrogens with zero attached hydrogens (tertiary/aromatic N) is 2. The second kappa shape index (κ2) is 7.78. The Morgan fingerprint density at radius 1 is 1.07 bits per heavy atom. The number of benzene rings is 2. The molecule has 1 unspecified atom stereocenters. The smallest absolute Gasteiger partial charge is 0.232 e. The van der Waals surface area contributed by atoms with Crippen molar-refractivity contribution in [2.75, 3.05) is 29.6 Å². The summed E-state index contributed by atoms with van der Waals surface area (Å²) in [6.07, 6.45) is 0.211. The molecule has 0 N–H and O–H groups in total. The largest absolute Gasteiger partial charge is 0.486 e. The number of amides is 2. The monoisotopic (exact) mass is 394 g/mol. The maximum Gasteiger partial charge on any atom is 0.232 e. The lowest BCUT2D eigenvalue weighted by molar-refractivity contribution is -0.124. The number of fused-ring (bicyclic) bond motifs is 1. The van der Waals surface area contributed by atoms with Gasteiger partial charge in [0, 0.05) is 36.4 Å². The zero-order valence-corrected chi connectivity index (χ0v) is 17.1. The Morgan fingerprint density at radius 3 is 2.45 bits per heavy atom. The van der Waals surface area contributed by atoms with Gasteiger partial charge in [-0.15, -0.1) is 0 Å². The SMILES string of the molecule is Cc1ccc(N(C(=O)C2CC(=O)N(c3ccc4c(c3)OCCO4)C2)C(C)C)cc1. The van der Waals surface area contributed by atoms with Crippen LogP contribution in [-0.4, -0.2) is 37.6 Å². The van der Waals surface area contributed by atoms with E-state index in [1.165, 1.54) is 0 Å². The average molecular weight is 394 g/mol. The standard InChI is InChI=1S/C23H26N2O4/c1-15(2)25(18-6-4-16(3)5-7-18)23(27)17-12-22(26)24(14-17)19-8-9-20-21(13-19)29-11-10-28-20/h4-9,13,15,17H,10-12,14H2,1-3H3. The van der Waals surface area contributed by atoms with Crippen LogP contribution in [0.2, 0.25) is 0 Å². The average Bonchev–Trinajstić information content (AvgIpc) is 3.10. The van der Waals surface area contributed by atoms with Crippen molar-refractivity contribution in [3.63, 3.8) is 0 Å². The van der Waals surface area contributed by atoms with Crippen molar-refractivity contribution in [3.05, 3.63) is 48.0 Å². The van der Waals surface area contributed by atoms with Crippen LogP contribution in [0.15, 0.2) is 42.5 Å². The van der Waals surface area contributed by atoms with Gasteiger partial charge < -0.3 is 19.3 Å². The summed E-state index contributed by atoms with van der Waals surface area (Å²) in [4.78, 5) is 29.5. The number of anilines is 2. The van der Waals surface area contributed by atoms with Gasteiger partial charge >= 0.3 is 0 Å². The van der Waals surface area contributed by atoms with Crippen molar-refractivity contribution in [1.29, 1.82) is 0 Å². The summed E-state index contributed by atoms with van der Waals surface area (Å²) in [7, 11) is 0. The van der Waals surface area contributed by atoms with E-state index in [9.17, 15) is 9.59 Å². The van der Waals surface area contributed by atoms with Crippen LogP contribution < -0.4 is 19.3 Å². The van der Waals surface area contributed by atoms with E-state index in [1.54, 1.807) is 9.80 Å². The van der Waals surface area contributed by atoms with Crippen LogP contribution in [0.5, 0.6) is 11.5 Å². The lowest BCUT2D eigenvalue weighted by Crippen LogP contribution is -2.42. The molecule has 2 aliphatic rings. The van der Waals surface area contributed by atoms with Gasteiger partial charge in [-0.2, -0.15) is 0 Å². The molecule has 0 aliphatic carbocycles. The second-order valence-electron chi connectivity index (χ2n) is 7.87. The first kappa shape index (κ1) is 19.3. The van der Waals surface area contributed by atoms with Crippen molar-refractivity contribution in [1.82, 2.24) is 0 Å². The maximum atomic E-state index is 13.3. The molecule has 4 rings (SSSR count). The van der Waals surface area contributed by atoms with Crippen LogP contribution in [0.25, 0.3) is 0 Å². The Balaban J connectivity index is 1.54. The summed E-state index contributed by atoms with van der Waals surface area (Å²) in [5, 5.41) is 0. The van der Waals surface area contributed by atoms with E-state index >= 15 is 0 Å². The summed E-state index contributed by atoms with van der Waals surface area (Å²) in [5.74, 6) is 0.883. The lowest BCUT2D eigenvalue weighted by Gasteiger charge is -2.29. The van der Waals surface area contributed by atoms with Gasteiger partial charge in [-0.1, -0.05) is 17.7 Å². The van der Waals surface area contributed by atoms with Gasteiger partial charge in [0.05, 0.1) is 5.92 Å². The lowest BCUT2D eigenvalue weighted by atomic mass is 10.0. The highest BCUT2D eigenvalue weighted by atomic mass is 16.6. The molecule has 29 heavy (non-hydrogen) atoms. The number of aryl methyl sites for hydroxylation is 1. The number of carbonyl (C=O) groups excluding carboxylic acids is 2. The van der Waals surface area contributed by atoms with Crippen molar-refractivity contribution in [2.45, 2.75) is 33.2 Å². The van der Waals surface area contributed by atoms with Gasteiger partial charge in [-0.3, -0.25) is 9.59 Å². The highest BCUT2D eigenvalue weighted by Gasteiger charge is 2.38. The normalized spacial score (nSPS) is 18.3. The Hall–Kier alpha value is -3.02. The molecule has 6 heteroatoms. The van der Waals surface area contributed by atoms with E-state index in [4.69, 9.17) is 9.47 Å². The molecule has 0 bridgehead atoms. The molecule has 2 aliphatic heterocycles. The minimum atomic E-state index is -0.376. The second-order valence-corrected chi connectivity index (χ2v) is 7.87. The molecule has 152 valence electrons. The number of hydrogen-bond donors (Lipinski definition) is 0. The minimum absolute atomic E-state index is 0.00338. The van der Waals surface area contributed by atoms with Crippen LogP contribution >= 0.6 is 0 Å². The summed E-state index contributed by atoms with van der Waals surface area (Å²) in [6, 6.07) is 13.4. The molecule has 2 aromatic carbocycles. The molecule has 0 spiro atoms. The molecule has 2 heterocycles. The van der Waals surface area contributed by atoms with Crippen molar-refractivity contribution in [2.24, 2.45) is 5.92 Å². The predicted octanol–water partition coefficient (Wildman–Crippen LogP) is 3.56. The Labute approximate surface area is 171 Å². The van der Waals surface area contributed by atoms with E-state index < -0.39 is 0 Å². The number of ether oxygens (including phenoxy) is 2. The van der Waals surface area contributed by atoms with E-state index in [0.29, 0.717) is 31.3 Å². The summed E-state index contributed by atoms with van der Waals surface area (Å²) in [5.41, 5.74) is 2.74. The zero-order chi connectivity index (χ0) is 20.5. The maximum absolute atomic E-state index is 13.3. The molecule has 2 aromatic rings. The highest BCUT2D eigenvalue weighted by molar-refractivity contribution is 6.04. The topological polar surface area (TPSA) is 59.1 Å². The number of rotatable bonds is 4. The molecule has 0 aromatic heterocycles. The van der Waals surface area contributed by atoms with Gasteiger partial charge in [0.25, 0.3) is 0 Å². The van der Waals surface area contributed by atoms with Crippen molar-refractivity contribution >= 4 is 23.2 Å². The van der Waals surface area contributed by atoms with E-state index in [0.717, 1.165) is 16.9 Å². The fourth-order valence-electron chi connectivity index (χ4n) is 3.90. The number of carbonyl (C=O) groups is 2. The predicted molar refractivity (Wildman–Crippen MR) is 112 cm³/mol. The third-order valence-electron chi connectivity index (χ3n) is 5.38. The Morgan fingerprint density at radius 2 is 1.76 bits per heavy atom. The van der Waals surface area contributed by atoms with Gasteiger partial charge in [-0.05, 0) is 45.0 Å². The quantitative estimate of drug-likeness (QED) is 0.796. The van der Waals surface area contributed by atoms with Gasteiger partial charge in [0.2, 0.25) is 11.8 Å². The molecular weight excluding hydrogens is 368 g/mol. The molecular formula is C23H26N2O4. The molecule has 0 saturated carbocycles. The first-order valence-corrected chi connectivity index (χ1v) is 10.0. The van der Waals surface area contributed by atoms with Gasteiger partial charge in [-0.25, -0.2) is 0 Å². The van der Waals surface area contributed by atoms with Gasteiger partial charge in [0.15, 0.2) is 11.5 Å². The van der Waals surface area contributed by atoms with Crippen molar-refractivity contribution in [3.8, 4) is 11.5 Å². The Kier molecular flexibility index (Phi) is 5.18. The summed E-state index contributed by atoms with van der Waals surface area (Å²) in [6.45, 7) is 7.39. The van der Waals surface area contributed by atoms with E-state index in [-0.39, 0.29) is 30.2 Å². The van der Waals surface area contributed by atoms with E-state index in [1.807, 2.05) is 63.2 Å². The zero-order valence-electron chi connectivity index (χ0n) is 17.1. The molecule has 1 saturated heterocycles. The third-order valence-corrected chi connectivity index (χ3v) is 5.38. The fourth-order valence-corrected chi connectivity index (χ4v) is 3.90. The first-order valence-electron chi connectivity index (χ1n) is 10.0. The Bertz CT molecular complexity index is 923. The fraction of sp³-hybridized carbons (Fsp3) is 0.391. The highest BCUT2D eigenvalue weighted by Crippen LogP contribution is 2.36. The van der Waals surface area contributed by atoms with Crippen LogP contribution in [-0.2, 0) is 9.59 Å². The van der Waals surface area contributed by atoms with Crippen LogP contribution in [0, 0.1) is 12.8 Å². The third kappa shape index (κ3) is 3.79. The molecule has 0 radical (unpaired) electrons. The molecule has 6 nitrogen and oxygen atoms in total. The van der Waals surface area contributed by atoms with Gasteiger partial charge in [0.1, 0.15) is 13.2 Å². The van der Waals surface area contributed by atoms with Crippen LogP contribution in [0.4, 0.5) is 11.4 Å². The van der Waals surface area contributed by atoms with Crippen molar-refractivity contribution < 1.29 is 19.1 Å². The summed E-state index contributed by atoms with van der Waals surface area (Å²) >= 11 is 0. The number of hydrogen-bond acceptors (Lipinski definition) is 4. The van der Waals surface area contributed by atoms with Crippen LogP contribution in [0.3, 0.4) is 0 Å².